The number of hydrogen-bond donors (Lipinski definition) is 2. The van der Waals surface area contributed by atoms with Crippen LogP contribution >= 0.6 is 11.6 Å². The minimum atomic E-state index is -3.80. The molecular formula is C10H15ClN2O4S2. The van der Waals surface area contributed by atoms with Gasteiger partial charge in [-0.15, -0.1) is 0 Å². The molecule has 0 aromatic heterocycles. The van der Waals surface area contributed by atoms with Gasteiger partial charge in [0.2, 0.25) is 10.0 Å². The molecule has 0 heterocycles. The standard InChI is InChI=1S/C10H15ClN2O4S2/c1-7-5-8(6-9(12)10(7)11)19(16,17)13-3-4-18(2,14)15/h5-6,13H,3-4,12H2,1-2H3. The van der Waals surface area contributed by atoms with Crippen molar-refractivity contribution in [2.45, 2.75) is 11.8 Å². The number of benzene rings is 1. The molecule has 19 heavy (non-hydrogen) atoms. The molecule has 6 nitrogen and oxygen atoms in total. The number of sulfone groups is 1. The van der Waals surface area contributed by atoms with E-state index >= 15 is 0 Å². The summed E-state index contributed by atoms with van der Waals surface area (Å²) in [5.74, 6) is -0.270. The molecule has 0 aliphatic rings. The van der Waals surface area contributed by atoms with Gasteiger partial charge in [0, 0.05) is 12.8 Å². The SMILES string of the molecule is Cc1cc(S(=O)(=O)NCCS(C)(=O)=O)cc(N)c1Cl. The maximum Gasteiger partial charge on any atom is 0.240 e. The Labute approximate surface area is 117 Å². The highest BCUT2D eigenvalue weighted by molar-refractivity contribution is 7.91. The van der Waals surface area contributed by atoms with Crippen LogP contribution in [0.1, 0.15) is 5.56 Å². The van der Waals surface area contributed by atoms with Crippen LogP contribution in [0.2, 0.25) is 5.02 Å². The number of nitrogens with two attached hydrogens (primary N) is 1. The summed E-state index contributed by atoms with van der Waals surface area (Å²) in [7, 11) is -7.02. The smallest absolute Gasteiger partial charge is 0.240 e. The van der Waals surface area contributed by atoms with E-state index in [1.54, 1.807) is 6.92 Å². The van der Waals surface area contributed by atoms with Crippen molar-refractivity contribution in [2.24, 2.45) is 0 Å². The van der Waals surface area contributed by atoms with Crippen molar-refractivity contribution in [3.05, 3.63) is 22.7 Å². The highest BCUT2D eigenvalue weighted by atomic mass is 35.5. The van der Waals surface area contributed by atoms with Crippen molar-refractivity contribution in [3.63, 3.8) is 0 Å². The first-order valence-electron chi connectivity index (χ1n) is 5.26. The maximum absolute atomic E-state index is 11.9. The van der Waals surface area contributed by atoms with Crippen LogP contribution in [-0.2, 0) is 19.9 Å². The van der Waals surface area contributed by atoms with E-state index in [1.165, 1.54) is 12.1 Å². The molecule has 0 saturated heterocycles. The summed E-state index contributed by atoms with van der Waals surface area (Å²) in [6.07, 6.45) is 1.03. The Morgan fingerprint density at radius 2 is 1.84 bits per heavy atom. The molecule has 1 rings (SSSR count). The first-order chi connectivity index (χ1) is 8.53. The quantitative estimate of drug-likeness (QED) is 0.769. The highest BCUT2D eigenvalue weighted by Crippen LogP contribution is 2.26. The Morgan fingerprint density at radius 3 is 2.32 bits per heavy atom. The second-order valence-corrected chi connectivity index (χ2v) is 8.58. The zero-order chi connectivity index (χ0) is 14.8. The fourth-order valence-electron chi connectivity index (χ4n) is 1.36. The molecule has 0 aliphatic heterocycles. The lowest BCUT2D eigenvalue weighted by atomic mass is 10.2. The number of halogens is 1. The molecule has 108 valence electrons. The minimum Gasteiger partial charge on any atom is -0.397 e. The van der Waals surface area contributed by atoms with E-state index < -0.39 is 19.9 Å². The molecule has 1 aromatic rings. The van der Waals surface area contributed by atoms with Crippen LogP contribution in [0.15, 0.2) is 17.0 Å². The summed E-state index contributed by atoms with van der Waals surface area (Å²) in [5, 5.41) is 0.301. The minimum absolute atomic E-state index is 0.0413. The summed E-state index contributed by atoms with van der Waals surface area (Å²) in [6.45, 7) is 1.44. The molecule has 0 atom stereocenters. The molecule has 0 amide bonds. The van der Waals surface area contributed by atoms with E-state index in [0.717, 1.165) is 6.26 Å². The number of nitrogens with one attached hydrogen (secondary N) is 1. The van der Waals surface area contributed by atoms with Gasteiger partial charge < -0.3 is 5.73 Å². The van der Waals surface area contributed by atoms with Crippen molar-refractivity contribution >= 4 is 37.1 Å². The molecule has 1 aromatic carbocycles. The average molecular weight is 327 g/mol. The van der Waals surface area contributed by atoms with E-state index in [0.29, 0.717) is 10.6 Å². The second kappa shape index (κ2) is 5.66. The van der Waals surface area contributed by atoms with Gasteiger partial charge in [-0.1, -0.05) is 11.6 Å². The Balaban J connectivity index is 2.95. The normalized spacial score (nSPS) is 12.6. The number of rotatable bonds is 5. The van der Waals surface area contributed by atoms with Crippen molar-refractivity contribution in [1.82, 2.24) is 4.72 Å². The summed E-state index contributed by atoms with van der Waals surface area (Å²) >= 11 is 5.84. The van der Waals surface area contributed by atoms with Crippen LogP contribution in [0.25, 0.3) is 0 Å². The third-order valence-electron chi connectivity index (χ3n) is 2.33. The molecule has 0 saturated carbocycles. The number of nitrogen functional groups attached to an aromatic ring is 1. The lowest BCUT2D eigenvalue weighted by Crippen LogP contribution is -2.29. The molecule has 0 bridgehead atoms. The van der Waals surface area contributed by atoms with Gasteiger partial charge in [-0.25, -0.2) is 21.6 Å². The van der Waals surface area contributed by atoms with Gasteiger partial charge in [0.1, 0.15) is 9.84 Å². The van der Waals surface area contributed by atoms with Gasteiger partial charge in [0.05, 0.1) is 21.4 Å². The first kappa shape index (κ1) is 16.2. The molecule has 0 radical (unpaired) electrons. The third-order valence-corrected chi connectivity index (χ3v) is 5.23. The number of anilines is 1. The van der Waals surface area contributed by atoms with Gasteiger partial charge >= 0.3 is 0 Å². The van der Waals surface area contributed by atoms with Gasteiger partial charge in [0.15, 0.2) is 0 Å². The molecule has 9 heteroatoms. The largest absolute Gasteiger partial charge is 0.397 e. The van der Waals surface area contributed by atoms with Crippen LogP contribution in [0.3, 0.4) is 0 Å². The predicted octanol–water partition coefficient (Wildman–Crippen LogP) is 0.554. The molecule has 0 unspecified atom stereocenters. The van der Waals surface area contributed by atoms with Crippen LogP contribution in [-0.4, -0.2) is 35.4 Å². The summed E-state index contributed by atoms with van der Waals surface area (Å²) < 4.78 is 47.9. The van der Waals surface area contributed by atoms with E-state index in [2.05, 4.69) is 4.72 Å². The van der Waals surface area contributed by atoms with Crippen molar-refractivity contribution < 1.29 is 16.8 Å². The van der Waals surface area contributed by atoms with E-state index in [-0.39, 0.29) is 22.9 Å². The fraction of sp³-hybridized carbons (Fsp3) is 0.400. The Bertz CT molecular complexity index is 660. The average Bonchev–Trinajstić information content (AvgIpc) is 2.22. The van der Waals surface area contributed by atoms with Gasteiger partial charge in [-0.2, -0.15) is 0 Å². The fourth-order valence-corrected chi connectivity index (χ4v) is 3.23. The van der Waals surface area contributed by atoms with Crippen LogP contribution in [0.5, 0.6) is 0 Å². The topological polar surface area (TPSA) is 106 Å². The molecule has 0 aliphatic carbocycles. The Hall–Kier alpha value is -0.830. The summed E-state index contributed by atoms with van der Waals surface area (Å²) in [6, 6.07) is 2.61. The zero-order valence-electron chi connectivity index (χ0n) is 10.5. The van der Waals surface area contributed by atoms with Crippen molar-refractivity contribution in [1.29, 1.82) is 0 Å². The van der Waals surface area contributed by atoms with Gasteiger partial charge in [-0.05, 0) is 24.6 Å². The van der Waals surface area contributed by atoms with Crippen LogP contribution in [0, 0.1) is 6.92 Å². The van der Waals surface area contributed by atoms with Gasteiger partial charge in [0.25, 0.3) is 0 Å². The monoisotopic (exact) mass is 326 g/mol. The van der Waals surface area contributed by atoms with E-state index in [4.69, 9.17) is 17.3 Å². The van der Waals surface area contributed by atoms with E-state index in [9.17, 15) is 16.8 Å². The maximum atomic E-state index is 11.9. The predicted molar refractivity (Wildman–Crippen MR) is 75.5 cm³/mol. The molecule has 3 N–H and O–H groups in total. The first-order valence-corrected chi connectivity index (χ1v) is 9.18. The Kier molecular flexibility index (Phi) is 4.83. The Morgan fingerprint density at radius 1 is 1.26 bits per heavy atom. The number of aryl methyl sites for hydroxylation is 1. The van der Waals surface area contributed by atoms with Crippen molar-refractivity contribution in [2.75, 3.05) is 24.3 Å². The van der Waals surface area contributed by atoms with E-state index in [1.807, 2.05) is 0 Å². The molecular weight excluding hydrogens is 312 g/mol. The lowest BCUT2D eigenvalue weighted by Gasteiger charge is -2.09. The summed E-state index contributed by atoms with van der Waals surface area (Å²) in [4.78, 5) is -0.0413. The highest BCUT2D eigenvalue weighted by Gasteiger charge is 2.17. The second-order valence-electron chi connectivity index (χ2n) is 4.17. The lowest BCUT2D eigenvalue weighted by molar-refractivity contribution is 0.582. The third kappa shape index (κ3) is 4.64. The van der Waals surface area contributed by atoms with Crippen molar-refractivity contribution in [3.8, 4) is 0 Å². The van der Waals surface area contributed by atoms with Crippen LogP contribution in [0.4, 0.5) is 5.69 Å². The molecule has 0 fully saturated rings. The van der Waals surface area contributed by atoms with Gasteiger partial charge in [-0.3, -0.25) is 0 Å². The number of hydrogen-bond acceptors (Lipinski definition) is 5. The zero-order valence-corrected chi connectivity index (χ0v) is 12.9. The summed E-state index contributed by atoms with van der Waals surface area (Å²) in [5.41, 5.74) is 6.29. The number of sulfonamides is 1. The van der Waals surface area contributed by atoms with Crippen LogP contribution < -0.4 is 10.5 Å². The molecule has 0 spiro atoms.